The van der Waals surface area contributed by atoms with Crippen molar-refractivity contribution in [3.8, 4) is 11.5 Å². The summed E-state index contributed by atoms with van der Waals surface area (Å²) >= 11 is 0. The Balaban J connectivity index is 2.97. The highest BCUT2D eigenvalue weighted by molar-refractivity contribution is 5.90. The van der Waals surface area contributed by atoms with Crippen molar-refractivity contribution < 1.29 is 23.8 Å². The first kappa shape index (κ1) is 19.2. The molecule has 128 valence electrons. The Labute approximate surface area is 137 Å². The van der Waals surface area contributed by atoms with Crippen LogP contribution in [0.2, 0.25) is 0 Å². The second kappa shape index (κ2) is 7.13. The molecule has 0 aliphatic carbocycles. The molecule has 0 heterocycles. The minimum atomic E-state index is -1.10. The van der Waals surface area contributed by atoms with Gasteiger partial charge in [-0.25, -0.2) is 0 Å². The van der Waals surface area contributed by atoms with E-state index in [2.05, 4.69) is 0 Å². The summed E-state index contributed by atoms with van der Waals surface area (Å²) in [4.78, 5) is 23.5. The van der Waals surface area contributed by atoms with Crippen LogP contribution in [-0.2, 0) is 9.53 Å². The molecule has 0 radical (unpaired) electrons. The van der Waals surface area contributed by atoms with Gasteiger partial charge in [-0.3, -0.25) is 9.59 Å². The molecule has 0 aromatic heterocycles. The van der Waals surface area contributed by atoms with Gasteiger partial charge in [0.15, 0.2) is 17.1 Å². The molecule has 0 fully saturated rings. The van der Waals surface area contributed by atoms with Crippen molar-refractivity contribution in [2.45, 2.75) is 58.8 Å². The molecule has 0 spiro atoms. The smallest absolute Gasteiger partial charge is 0.204 e. The lowest BCUT2D eigenvalue weighted by Gasteiger charge is -2.31. The number of hydrogen-bond donors (Lipinski definition) is 0. The van der Waals surface area contributed by atoms with Gasteiger partial charge in [-0.05, 0) is 59.7 Å². The first-order valence-electron chi connectivity index (χ1n) is 7.54. The second-order valence-corrected chi connectivity index (χ2v) is 6.88. The molecule has 0 amide bonds. The zero-order valence-corrected chi connectivity index (χ0v) is 14.9. The van der Waals surface area contributed by atoms with E-state index in [1.807, 2.05) is 20.8 Å². The largest absolute Gasteiger partial charge is 0.493 e. The average molecular weight is 322 g/mol. The topological polar surface area (TPSA) is 61.8 Å². The third-order valence-electron chi connectivity index (χ3n) is 3.18. The quantitative estimate of drug-likeness (QED) is 0.720. The van der Waals surface area contributed by atoms with Gasteiger partial charge in [0.05, 0.1) is 12.7 Å². The molecule has 5 heteroatoms. The van der Waals surface area contributed by atoms with Gasteiger partial charge >= 0.3 is 0 Å². The van der Waals surface area contributed by atoms with E-state index in [0.717, 1.165) is 6.29 Å². The highest BCUT2D eigenvalue weighted by Gasteiger charge is 2.36. The Hall–Kier alpha value is -1.88. The summed E-state index contributed by atoms with van der Waals surface area (Å²) in [5.74, 6) is 0.633. The number of hydrogen-bond acceptors (Lipinski definition) is 5. The van der Waals surface area contributed by atoms with Crippen LogP contribution in [-0.4, -0.2) is 36.5 Å². The Morgan fingerprint density at radius 3 is 2.22 bits per heavy atom. The van der Waals surface area contributed by atoms with Gasteiger partial charge in [0.1, 0.15) is 12.4 Å². The molecule has 23 heavy (non-hydrogen) atoms. The number of rotatable bonds is 7. The van der Waals surface area contributed by atoms with E-state index in [1.54, 1.807) is 39.0 Å². The van der Waals surface area contributed by atoms with Crippen molar-refractivity contribution in [3.05, 3.63) is 23.8 Å². The molecular weight excluding hydrogens is 296 g/mol. The van der Waals surface area contributed by atoms with E-state index in [1.165, 1.54) is 7.11 Å². The molecule has 0 saturated heterocycles. The number of Topliss-reactive ketones (excluding diaryl/α,β-unsaturated/α-hetero) is 1. The van der Waals surface area contributed by atoms with Crippen LogP contribution in [0.4, 0.5) is 0 Å². The van der Waals surface area contributed by atoms with Crippen LogP contribution in [0.1, 0.15) is 51.9 Å². The molecule has 0 bridgehead atoms. The van der Waals surface area contributed by atoms with Crippen molar-refractivity contribution in [1.82, 2.24) is 0 Å². The van der Waals surface area contributed by atoms with E-state index in [4.69, 9.17) is 14.2 Å². The van der Waals surface area contributed by atoms with Crippen molar-refractivity contribution in [2.75, 3.05) is 7.11 Å². The van der Waals surface area contributed by atoms with Crippen LogP contribution < -0.4 is 9.47 Å². The minimum absolute atomic E-state index is 0.172. The highest BCUT2D eigenvalue weighted by Crippen LogP contribution is 2.32. The van der Waals surface area contributed by atoms with Gasteiger partial charge in [-0.15, -0.1) is 0 Å². The predicted octanol–water partition coefficient (Wildman–Crippen LogP) is 3.44. The first-order chi connectivity index (χ1) is 10.5. The highest BCUT2D eigenvalue weighted by atomic mass is 16.5. The molecule has 1 rings (SSSR count). The van der Waals surface area contributed by atoms with Gasteiger partial charge in [-0.1, -0.05) is 0 Å². The van der Waals surface area contributed by atoms with E-state index in [0.29, 0.717) is 17.1 Å². The van der Waals surface area contributed by atoms with Crippen molar-refractivity contribution in [3.63, 3.8) is 0 Å². The normalized spacial score (nSPS) is 13.3. The molecule has 0 N–H and O–H groups in total. The fraction of sp³-hybridized carbons (Fsp3) is 0.556. The monoisotopic (exact) mass is 322 g/mol. The fourth-order valence-electron chi connectivity index (χ4n) is 2.24. The number of ether oxygens (including phenoxy) is 3. The molecule has 1 aromatic carbocycles. The van der Waals surface area contributed by atoms with Crippen LogP contribution in [0.25, 0.3) is 0 Å². The van der Waals surface area contributed by atoms with E-state index in [-0.39, 0.29) is 5.78 Å². The summed E-state index contributed by atoms with van der Waals surface area (Å²) in [6, 6.07) is 4.80. The van der Waals surface area contributed by atoms with Crippen LogP contribution in [0.5, 0.6) is 11.5 Å². The Bertz CT molecular complexity index is 569. The van der Waals surface area contributed by atoms with Gasteiger partial charge in [0, 0.05) is 5.56 Å². The van der Waals surface area contributed by atoms with Crippen molar-refractivity contribution in [2.24, 2.45) is 0 Å². The second-order valence-electron chi connectivity index (χ2n) is 6.88. The van der Waals surface area contributed by atoms with Gasteiger partial charge in [0.2, 0.25) is 5.78 Å². The van der Waals surface area contributed by atoms with E-state index >= 15 is 0 Å². The lowest BCUT2D eigenvalue weighted by molar-refractivity contribution is -0.151. The minimum Gasteiger partial charge on any atom is -0.493 e. The zero-order valence-electron chi connectivity index (χ0n) is 14.9. The summed E-state index contributed by atoms with van der Waals surface area (Å²) in [6.07, 6.45) is 0.118. The molecule has 0 aliphatic heterocycles. The van der Waals surface area contributed by atoms with E-state index < -0.39 is 17.3 Å². The summed E-state index contributed by atoms with van der Waals surface area (Å²) in [6.45, 7) is 10.8. The lowest BCUT2D eigenvalue weighted by Crippen LogP contribution is -2.46. The average Bonchev–Trinajstić information content (AvgIpc) is 2.44. The standard InChI is InChI=1S/C18H26O5/c1-12(22-17(2,3)4)16(20)18(5,6)23-14-9-8-13(11-19)10-15(14)21-7/h8-12H,1-7H3. The number of methoxy groups -OCH3 is 1. The van der Waals surface area contributed by atoms with Crippen molar-refractivity contribution >= 4 is 12.1 Å². The number of ketones is 1. The SMILES string of the molecule is COc1cc(C=O)ccc1OC(C)(C)C(=O)C(C)OC(C)(C)C. The number of benzene rings is 1. The molecule has 0 aliphatic rings. The van der Waals surface area contributed by atoms with Crippen LogP contribution in [0, 0.1) is 0 Å². The predicted molar refractivity (Wildman–Crippen MR) is 88.4 cm³/mol. The maximum absolute atomic E-state index is 12.6. The summed E-state index contributed by atoms with van der Waals surface area (Å²) < 4.78 is 16.8. The number of aldehydes is 1. The summed E-state index contributed by atoms with van der Waals surface area (Å²) in [5.41, 5.74) is -1.04. The Kier molecular flexibility index (Phi) is 5.94. The third-order valence-corrected chi connectivity index (χ3v) is 3.18. The molecule has 0 saturated carbocycles. The maximum Gasteiger partial charge on any atom is 0.204 e. The Morgan fingerprint density at radius 2 is 1.74 bits per heavy atom. The first-order valence-corrected chi connectivity index (χ1v) is 7.54. The van der Waals surface area contributed by atoms with Gasteiger partial charge in [-0.2, -0.15) is 0 Å². The lowest BCUT2D eigenvalue weighted by atomic mass is 9.98. The number of carbonyl (C=O) groups is 2. The van der Waals surface area contributed by atoms with Crippen LogP contribution in [0.3, 0.4) is 0 Å². The number of carbonyl (C=O) groups excluding carboxylic acids is 2. The van der Waals surface area contributed by atoms with Crippen molar-refractivity contribution in [1.29, 1.82) is 0 Å². The molecule has 1 aromatic rings. The van der Waals surface area contributed by atoms with E-state index in [9.17, 15) is 9.59 Å². The maximum atomic E-state index is 12.6. The summed E-state index contributed by atoms with van der Waals surface area (Å²) in [5, 5.41) is 0. The fourth-order valence-corrected chi connectivity index (χ4v) is 2.24. The zero-order chi connectivity index (χ0) is 17.8. The summed E-state index contributed by atoms with van der Waals surface area (Å²) in [7, 11) is 1.48. The van der Waals surface area contributed by atoms with Crippen LogP contribution >= 0.6 is 0 Å². The molecular formula is C18H26O5. The Morgan fingerprint density at radius 1 is 1.13 bits per heavy atom. The molecule has 5 nitrogen and oxygen atoms in total. The molecule has 1 atom stereocenters. The third kappa shape index (κ3) is 5.36. The molecule has 1 unspecified atom stereocenters. The van der Waals surface area contributed by atoms with Gasteiger partial charge < -0.3 is 14.2 Å². The van der Waals surface area contributed by atoms with Crippen LogP contribution in [0.15, 0.2) is 18.2 Å². The van der Waals surface area contributed by atoms with Gasteiger partial charge in [0.25, 0.3) is 0 Å².